The molecular weight excluding hydrogens is 352 g/mol. The quantitative estimate of drug-likeness (QED) is 0.764. The molecule has 1 aliphatic rings. The zero-order valence-corrected chi connectivity index (χ0v) is 16.6. The van der Waals surface area contributed by atoms with E-state index in [0.717, 1.165) is 32.4 Å². The summed E-state index contributed by atoms with van der Waals surface area (Å²) in [5, 5.41) is 2.89. The van der Waals surface area contributed by atoms with E-state index in [9.17, 15) is 9.59 Å². The van der Waals surface area contributed by atoms with Gasteiger partial charge in [-0.3, -0.25) is 9.59 Å². The molecule has 0 atom stereocenters. The SMILES string of the molecule is CC(C)CCOc1ccccc1C(=O)Nc1cccc(C(=O)N2CCCC2)c1. The van der Waals surface area contributed by atoms with Gasteiger partial charge in [-0.25, -0.2) is 0 Å². The lowest BCUT2D eigenvalue weighted by molar-refractivity contribution is 0.0792. The van der Waals surface area contributed by atoms with Gasteiger partial charge in [0.2, 0.25) is 0 Å². The average Bonchev–Trinajstić information content (AvgIpc) is 3.22. The third-order valence-corrected chi connectivity index (χ3v) is 4.85. The van der Waals surface area contributed by atoms with Gasteiger partial charge in [0.05, 0.1) is 12.2 Å². The predicted octanol–water partition coefficient (Wildman–Crippen LogP) is 4.60. The second kappa shape index (κ2) is 9.40. The number of carbonyl (C=O) groups is 2. The minimum absolute atomic E-state index is 0.0195. The lowest BCUT2D eigenvalue weighted by atomic mass is 10.1. The standard InChI is InChI=1S/C23H28N2O3/c1-17(2)12-15-28-21-11-4-3-10-20(21)22(26)24-19-9-7-8-18(16-19)23(27)25-13-5-6-14-25/h3-4,7-11,16-17H,5-6,12-15H2,1-2H3,(H,24,26). The van der Waals surface area contributed by atoms with E-state index in [2.05, 4.69) is 19.2 Å². The van der Waals surface area contributed by atoms with Crippen molar-refractivity contribution >= 4 is 17.5 Å². The van der Waals surface area contributed by atoms with Crippen molar-refractivity contribution in [1.29, 1.82) is 0 Å². The van der Waals surface area contributed by atoms with Crippen LogP contribution < -0.4 is 10.1 Å². The molecule has 1 N–H and O–H groups in total. The first kappa shape index (κ1) is 19.9. The summed E-state index contributed by atoms with van der Waals surface area (Å²) in [5.74, 6) is 0.888. The van der Waals surface area contributed by atoms with Gasteiger partial charge < -0.3 is 15.0 Å². The summed E-state index contributed by atoms with van der Waals surface area (Å²) in [7, 11) is 0. The number of ether oxygens (including phenoxy) is 1. The Morgan fingerprint density at radius 1 is 1.07 bits per heavy atom. The molecule has 0 spiro atoms. The van der Waals surface area contributed by atoms with Crippen molar-refractivity contribution < 1.29 is 14.3 Å². The summed E-state index contributed by atoms with van der Waals surface area (Å²) < 4.78 is 5.81. The van der Waals surface area contributed by atoms with Crippen LogP contribution in [0, 0.1) is 5.92 Å². The number of anilines is 1. The van der Waals surface area contributed by atoms with E-state index < -0.39 is 0 Å². The van der Waals surface area contributed by atoms with Crippen LogP contribution in [0.15, 0.2) is 48.5 Å². The van der Waals surface area contributed by atoms with Crippen LogP contribution in [0.1, 0.15) is 53.8 Å². The smallest absolute Gasteiger partial charge is 0.259 e. The molecule has 1 saturated heterocycles. The molecule has 0 saturated carbocycles. The van der Waals surface area contributed by atoms with Crippen molar-refractivity contribution in [3.63, 3.8) is 0 Å². The first-order chi connectivity index (χ1) is 13.5. The van der Waals surface area contributed by atoms with Crippen molar-refractivity contribution in [3.8, 4) is 5.75 Å². The average molecular weight is 380 g/mol. The summed E-state index contributed by atoms with van der Waals surface area (Å²) in [6.45, 7) is 6.45. The normalized spacial score (nSPS) is 13.6. The van der Waals surface area contributed by atoms with Gasteiger partial charge in [0.15, 0.2) is 0 Å². The number of nitrogens with zero attached hydrogens (tertiary/aromatic N) is 1. The molecular formula is C23H28N2O3. The largest absolute Gasteiger partial charge is 0.493 e. The minimum Gasteiger partial charge on any atom is -0.493 e. The number of nitrogens with one attached hydrogen (secondary N) is 1. The Labute approximate surface area is 166 Å². The monoisotopic (exact) mass is 380 g/mol. The van der Waals surface area contributed by atoms with Gasteiger partial charge in [0, 0.05) is 24.3 Å². The van der Waals surface area contributed by atoms with Gasteiger partial charge >= 0.3 is 0 Å². The second-order valence-electron chi connectivity index (χ2n) is 7.56. The lowest BCUT2D eigenvalue weighted by Crippen LogP contribution is -2.27. The fourth-order valence-corrected chi connectivity index (χ4v) is 3.22. The van der Waals surface area contributed by atoms with Crippen molar-refractivity contribution in [3.05, 3.63) is 59.7 Å². The predicted molar refractivity (Wildman–Crippen MR) is 111 cm³/mol. The minimum atomic E-state index is -0.245. The second-order valence-corrected chi connectivity index (χ2v) is 7.56. The number of hydrogen-bond donors (Lipinski definition) is 1. The van der Waals surface area contributed by atoms with Gasteiger partial charge in [0.1, 0.15) is 5.75 Å². The summed E-state index contributed by atoms with van der Waals surface area (Å²) in [4.78, 5) is 27.2. The van der Waals surface area contributed by atoms with E-state index in [4.69, 9.17) is 4.74 Å². The molecule has 0 radical (unpaired) electrons. The van der Waals surface area contributed by atoms with E-state index in [1.54, 1.807) is 30.3 Å². The number of likely N-dealkylation sites (tertiary alicyclic amines) is 1. The Balaban J connectivity index is 1.69. The van der Waals surface area contributed by atoms with Crippen LogP contribution >= 0.6 is 0 Å². The summed E-state index contributed by atoms with van der Waals surface area (Å²) in [5.41, 5.74) is 1.69. The number of benzene rings is 2. The first-order valence-electron chi connectivity index (χ1n) is 9.97. The van der Waals surface area contributed by atoms with Crippen LogP contribution in [-0.4, -0.2) is 36.4 Å². The summed E-state index contributed by atoms with van der Waals surface area (Å²) in [6.07, 6.45) is 3.03. The molecule has 0 aliphatic carbocycles. The van der Waals surface area contributed by atoms with Gasteiger partial charge in [-0.05, 0) is 55.5 Å². The molecule has 2 aromatic rings. The zero-order chi connectivity index (χ0) is 19.9. The van der Waals surface area contributed by atoms with E-state index >= 15 is 0 Å². The van der Waals surface area contributed by atoms with Crippen LogP contribution in [0.4, 0.5) is 5.69 Å². The Morgan fingerprint density at radius 3 is 2.57 bits per heavy atom. The number of rotatable bonds is 7. The highest BCUT2D eigenvalue weighted by Crippen LogP contribution is 2.22. The highest BCUT2D eigenvalue weighted by molar-refractivity contribution is 6.06. The highest BCUT2D eigenvalue weighted by Gasteiger charge is 2.20. The molecule has 1 aliphatic heterocycles. The number of hydrogen-bond acceptors (Lipinski definition) is 3. The molecule has 5 nitrogen and oxygen atoms in total. The lowest BCUT2D eigenvalue weighted by Gasteiger charge is -2.16. The first-order valence-corrected chi connectivity index (χ1v) is 9.97. The summed E-state index contributed by atoms with van der Waals surface area (Å²) in [6, 6.07) is 14.3. The molecule has 2 aromatic carbocycles. The van der Waals surface area contributed by atoms with E-state index in [1.807, 2.05) is 23.1 Å². The third kappa shape index (κ3) is 5.12. The Bertz CT molecular complexity index is 826. The Kier molecular flexibility index (Phi) is 6.69. The highest BCUT2D eigenvalue weighted by atomic mass is 16.5. The fourth-order valence-electron chi connectivity index (χ4n) is 3.22. The number of amides is 2. The molecule has 2 amide bonds. The maximum atomic E-state index is 12.8. The third-order valence-electron chi connectivity index (χ3n) is 4.85. The van der Waals surface area contributed by atoms with Crippen molar-refractivity contribution in [2.24, 2.45) is 5.92 Å². The summed E-state index contributed by atoms with van der Waals surface area (Å²) >= 11 is 0. The van der Waals surface area contributed by atoms with Crippen LogP contribution in [0.2, 0.25) is 0 Å². The van der Waals surface area contributed by atoms with E-state index in [-0.39, 0.29) is 11.8 Å². The van der Waals surface area contributed by atoms with E-state index in [1.165, 1.54) is 0 Å². The molecule has 0 unspecified atom stereocenters. The van der Waals surface area contributed by atoms with Gasteiger partial charge in [-0.15, -0.1) is 0 Å². The number of carbonyl (C=O) groups excluding carboxylic acids is 2. The molecule has 28 heavy (non-hydrogen) atoms. The Hall–Kier alpha value is -2.82. The molecule has 148 valence electrons. The van der Waals surface area contributed by atoms with Crippen LogP contribution in [0.3, 0.4) is 0 Å². The molecule has 0 aromatic heterocycles. The molecule has 0 bridgehead atoms. The maximum Gasteiger partial charge on any atom is 0.259 e. The molecule has 1 fully saturated rings. The van der Waals surface area contributed by atoms with E-state index in [0.29, 0.717) is 35.1 Å². The molecule has 3 rings (SSSR count). The molecule has 5 heteroatoms. The Morgan fingerprint density at radius 2 is 1.82 bits per heavy atom. The number of para-hydroxylation sites is 1. The van der Waals surface area contributed by atoms with Crippen LogP contribution in [-0.2, 0) is 0 Å². The molecule has 1 heterocycles. The van der Waals surface area contributed by atoms with Crippen LogP contribution in [0.5, 0.6) is 5.75 Å². The zero-order valence-electron chi connectivity index (χ0n) is 16.6. The fraction of sp³-hybridized carbons (Fsp3) is 0.391. The van der Waals surface area contributed by atoms with Gasteiger partial charge in [-0.1, -0.05) is 32.0 Å². The van der Waals surface area contributed by atoms with Gasteiger partial charge in [-0.2, -0.15) is 0 Å². The van der Waals surface area contributed by atoms with Gasteiger partial charge in [0.25, 0.3) is 11.8 Å². The maximum absolute atomic E-state index is 12.8. The van der Waals surface area contributed by atoms with Crippen molar-refractivity contribution in [2.75, 3.05) is 25.0 Å². The van der Waals surface area contributed by atoms with Crippen molar-refractivity contribution in [1.82, 2.24) is 4.90 Å². The van der Waals surface area contributed by atoms with Crippen molar-refractivity contribution in [2.45, 2.75) is 33.1 Å². The topological polar surface area (TPSA) is 58.6 Å². The van der Waals surface area contributed by atoms with Crippen LogP contribution in [0.25, 0.3) is 0 Å².